The van der Waals surface area contributed by atoms with Gasteiger partial charge in [0, 0.05) is 15.8 Å². The first-order valence-electron chi connectivity index (χ1n) is 5.26. The van der Waals surface area contributed by atoms with Gasteiger partial charge in [0.15, 0.2) is 0 Å². The van der Waals surface area contributed by atoms with Gasteiger partial charge in [0.2, 0.25) is 0 Å². The van der Waals surface area contributed by atoms with Gasteiger partial charge >= 0.3 is 0 Å². The lowest BCUT2D eigenvalue weighted by molar-refractivity contribution is 0.126. The maximum Gasteiger partial charge on any atom is 0.127 e. The number of aliphatic hydroxyl groups is 1. The summed E-state index contributed by atoms with van der Waals surface area (Å²) in [6.45, 7) is 0.176. The summed E-state index contributed by atoms with van der Waals surface area (Å²) in [5.74, 6) is 0.861. The molecule has 2 aromatic carbocycles. The van der Waals surface area contributed by atoms with Gasteiger partial charge in [-0.3, -0.25) is 0 Å². The summed E-state index contributed by atoms with van der Waals surface area (Å²) in [5.41, 5.74) is 0. The van der Waals surface area contributed by atoms with Crippen molar-refractivity contribution in [2.24, 2.45) is 0 Å². The topological polar surface area (TPSA) is 29.5 Å². The van der Waals surface area contributed by atoms with Gasteiger partial charge in [0.05, 0.1) is 5.88 Å². The van der Waals surface area contributed by atoms with Gasteiger partial charge < -0.3 is 9.84 Å². The van der Waals surface area contributed by atoms with Crippen molar-refractivity contribution in [2.45, 2.75) is 6.10 Å². The first-order valence-corrected chi connectivity index (χ1v) is 6.17. The van der Waals surface area contributed by atoms with Crippen LogP contribution in [-0.2, 0) is 0 Å². The third-order valence-corrected chi connectivity index (χ3v) is 3.13. The molecule has 17 heavy (non-hydrogen) atoms. The highest BCUT2D eigenvalue weighted by Gasteiger charge is 2.07. The number of fused-ring (bicyclic) bond motifs is 1. The maximum absolute atomic E-state index is 9.36. The summed E-state index contributed by atoms with van der Waals surface area (Å²) in [7, 11) is 0. The van der Waals surface area contributed by atoms with Crippen LogP contribution in [0.15, 0.2) is 36.4 Å². The van der Waals surface area contributed by atoms with Crippen LogP contribution in [0.1, 0.15) is 0 Å². The number of alkyl halides is 1. The quantitative estimate of drug-likeness (QED) is 0.863. The molecule has 0 bridgehead atoms. The fourth-order valence-corrected chi connectivity index (χ4v) is 1.91. The molecule has 1 N–H and O–H groups in total. The summed E-state index contributed by atoms with van der Waals surface area (Å²) in [6, 6.07) is 11.3. The second-order valence-corrected chi connectivity index (χ2v) is 4.43. The molecule has 2 rings (SSSR count). The average molecular weight is 271 g/mol. The number of aliphatic hydroxyl groups excluding tert-OH is 1. The Balaban J connectivity index is 2.32. The summed E-state index contributed by atoms with van der Waals surface area (Å²) in [4.78, 5) is 0. The van der Waals surface area contributed by atoms with Crippen LogP contribution < -0.4 is 4.74 Å². The third-order valence-electron chi connectivity index (χ3n) is 2.44. The van der Waals surface area contributed by atoms with Crippen LogP contribution in [0.5, 0.6) is 5.75 Å². The monoisotopic (exact) mass is 270 g/mol. The number of halogens is 2. The Hall–Kier alpha value is -0.960. The SMILES string of the molecule is OC(CCl)COc1ccc(Cl)c2ccccc12. The van der Waals surface area contributed by atoms with Crippen molar-refractivity contribution in [3.05, 3.63) is 41.4 Å². The van der Waals surface area contributed by atoms with Crippen molar-refractivity contribution in [1.82, 2.24) is 0 Å². The molecule has 2 nitrogen and oxygen atoms in total. The van der Waals surface area contributed by atoms with E-state index in [1.165, 1.54) is 0 Å². The van der Waals surface area contributed by atoms with E-state index in [1.54, 1.807) is 12.1 Å². The minimum absolute atomic E-state index is 0.158. The Kier molecular flexibility index (Phi) is 4.11. The molecule has 4 heteroatoms. The van der Waals surface area contributed by atoms with Crippen molar-refractivity contribution in [1.29, 1.82) is 0 Å². The Morgan fingerprint density at radius 3 is 2.53 bits per heavy atom. The van der Waals surface area contributed by atoms with Crippen molar-refractivity contribution in [2.75, 3.05) is 12.5 Å². The Bertz CT molecular complexity index is 514. The molecule has 0 saturated heterocycles. The molecule has 0 aliphatic heterocycles. The van der Waals surface area contributed by atoms with Gasteiger partial charge in [-0.2, -0.15) is 0 Å². The van der Waals surface area contributed by atoms with Crippen molar-refractivity contribution in [3.63, 3.8) is 0 Å². The molecule has 0 amide bonds. The van der Waals surface area contributed by atoms with E-state index in [0.717, 1.165) is 10.8 Å². The van der Waals surface area contributed by atoms with E-state index in [1.807, 2.05) is 24.3 Å². The van der Waals surface area contributed by atoms with Crippen LogP contribution in [0.2, 0.25) is 5.02 Å². The van der Waals surface area contributed by atoms with E-state index in [2.05, 4.69) is 0 Å². The first kappa shape index (κ1) is 12.5. The van der Waals surface area contributed by atoms with Crippen LogP contribution in [-0.4, -0.2) is 23.7 Å². The summed E-state index contributed by atoms with van der Waals surface area (Å²) in [6.07, 6.45) is -0.661. The Morgan fingerprint density at radius 1 is 1.12 bits per heavy atom. The van der Waals surface area contributed by atoms with Crippen LogP contribution >= 0.6 is 23.2 Å². The molecule has 1 unspecified atom stereocenters. The van der Waals surface area contributed by atoms with E-state index in [-0.39, 0.29) is 12.5 Å². The molecule has 0 heterocycles. The van der Waals surface area contributed by atoms with Crippen LogP contribution in [0.25, 0.3) is 10.8 Å². The lowest BCUT2D eigenvalue weighted by Gasteiger charge is -2.12. The normalized spacial score (nSPS) is 12.6. The van der Waals surface area contributed by atoms with E-state index < -0.39 is 6.10 Å². The third kappa shape index (κ3) is 2.83. The van der Waals surface area contributed by atoms with Gasteiger partial charge in [-0.05, 0) is 12.1 Å². The van der Waals surface area contributed by atoms with Crippen LogP contribution in [0.4, 0.5) is 0 Å². The lowest BCUT2D eigenvalue weighted by atomic mass is 10.1. The predicted octanol–water partition coefficient (Wildman–Crippen LogP) is 3.47. The molecule has 90 valence electrons. The molecule has 0 aliphatic carbocycles. The molecular weight excluding hydrogens is 259 g/mol. The minimum atomic E-state index is -0.661. The van der Waals surface area contributed by atoms with Crippen LogP contribution in [0, 0.1) is 0 Å². The van der Waals surface area contributed by atoms with Gasteiger partial charge in [0.1, 0.15) is 18.5 Å². The second-order valence-electron chi connectivity index (χ2n) is 3.71. The minimum Gasteiger partial charge on any atom is -0.490 e. The maximum atomic E-state index is 9.36. The van der Waals surface area contributed by atoms with Gasteiger partial charge in [-0.1, -0.05) is 35.9 Å². The fourth-order valence-electron chi connectivity index (χ4n) is 1.59. The zero-order valence-electron chi connectivity index (χ0n) is 9.07. The highest BCUT2D eigenvalue weighted by atomic mass is 35.5. The largest absolute Gasteiger partial charge is 0.490 e. The zero-order chi connectivity index (χ0) is 12.3. The lowest BCUT2D eigenvalue weighted by Crippen LogP contribution is -2.18. The Labute approximate surface area is 110 Å². The molecule has 1 atom stereocenters. The molecular formula is C13H12Cl2O2. The molecule has 0 aliphatic rings. The van der Waals surface area contributed by atoms with E-state index in [9.17, 15) is 5.11 Å². The second kappa shape index (κ2) is 5.58. The molecule has 0 fully saturated rings. The number of benzene rings is 2. The fraction of sp³-hybridized carbons (Fsp3) is 0.231. The molecule has 0 saturated carbocycles. The van der Waals surface area contributed by atoms with E-state index in [0.29, 0.717) is 10.8 Å². The van der Waals surface area contributed by atoms with Crippen molar-refractivity contribution < 1.29 is 9.84 Å². The molecule has 2 aromatic rings. The summed E-state index contributed by atoms with van der Waals surface area (Å²) in [5, 5.41) is 11.9. The standard InChI is InChI=1S/C13H12Cl2O2/c14-7-9(16)8-17-13-6-5-12(15)10-3-1-2-4-11(10)13/h1-6,9,16H,7-8H2. The van der Waals surface area contributed by atoms with E-state index >= 15 is 0 Å². The van der Waals surface area contributed by atoms with Crippen molar-refractivity contribution in [3.8, 4) is 5.75 Å². The van der Waals surface area contributed by atoms with Gasteiger partial charge in [-0.25, -0.2) is 0 Å². The highest BCUT2D eigenvalue weighted by Crippen LogP contribution is 2.31. The zero-order valence-corrected chi connectivity index (χ0v) is 10.6. The van der Waals surface area contributed by atoms with Gasteiger partial charge in [-0.15, -0.1) is 11.6 Å². The Morgan fingerprint density at radius 2 is 1.82 bits per heavy atom. The molecule has 0 aromatic heterocycles. The van der Waals surface area contributed by atoms with Gasteiger partial charge in [0.25, 0.3) is 0 Å². The molecule has 0 spiro atoms. The number of hydrogen-bond acceptors (Lipinski definition) is 2. The van der Waals surface area contributed by atoms with Crippen LogP contribution in [0.3, 0.4) is 0 Å². The summed E-state index contributed by atoms with van der Waals surface area (Å²) >= 11 is 11.6. The predicted molar refractivity (Wildman–Crippen MR) is 71.2 cm³/mol. The first-order chi connectivity index (χ1) is 8.22. The number of hydrogen-bond donors (Lipinski definition) is 1. The highest BCUT2D eigenvalue weighted by molar-refractivity contribution is 6.35. The van der Waals surface area contributed by atoms with Crippen molar-refractivity contribution >= 4 is 34.0 Å². The smallest absolute Gasteiger partial charge is 0.127 e. The average Bonchev–Trinajstić information content (AvgIpc) is 2.38. The number of rotatable bonds is 4. The summed E-state index contributed by atoms with van der Waals surface area (Å²) < 4.78 is 5.53. The molecule has 0 radical (unpaired) electrons. The van der Waals surface area contributed by atoms with E-state index in [4.69, 9.17) is 27.9 Å². The number of ether oxygens (including phenoxy) is 1.